The molecule has 2 heterocycles. The highest BCUT2D eigenvalue weighted by molar-refractivity contribution is 8.13. The first-order valence-corrected chi connectivity index (χ1v) is 12.0. The number of benzene rings is 2. The van der Waals surface area contributed by atoms with Crippen LogP contribution in [-0.4, -0.2) is 41.5 Å². The first-order chi connectivity index (χ1) is 15.9. The van der Waals surface area contributed by atoms with Crippen LogP contribution in [-0.2, 0) is 9.53 Å². The second-order valence-corrected chi connectivity index (χ2v) is 9.36. The maximum absolute atomic E-state index is 12.6. The van der Waals surface area contributed by atoms with Crippen molar-refractivity contribution in [1.29, 1.82) is 0 Å². The van der Waals surface area contributed by atoms with Gasteiger partial charge in [-0.15, -0.1) is 0 Å². The molecule has 0 saturated carbocycles. The van der Waals surface area contributed by atoms with Crippen LogP contribution in [0.25, 0.3) is 0 Å². The number of carbonyl (C=O) groups is 2. The zero-order valence-corrected chi connectivity index (χ0v) is 20.4. The second-order valence-electron chi connectivity index (χ2n) is 7.48. The molecular formula is C23H22Cl2N4O3S. The number of aliphatic imine (C=N–C) groups is 1. The third-order valence-electron chi connectivity index (χ3n) is 5.35. The molecule has 172 valence electrons. The van der Waals surface area contributed by atoms with Gasteiger partial charge in [0.15, 0.2) is 5.17 Å². The Labute approximate surface area is 206 Å². The fourth-order valence-corrected chi connectivity index (χ4v) is 5.34. The van der Waals surface area contributed by atoms with E-state index in [1.807, 2.05) is 19.1 Å². The second kappa shape index (κ2) is 10.1. The van der Waals surface area contributed by atoms with Gasteiger partial charge in [0, 0.05) is 18.0 Å². The summed E-state index contributed by atoms with van der Waals surface area (Å²) in [4.78, 5) is 31.8. The molecule has 1 saturated heterocycles. The quantitative estimate of drug-likeness (QED) is 0.503. The van der Waals surface area contributed by atoms with Crippen LogP contribution in [0.4, 0.5) is 16.2 Å². The van der Waals surface area contributed by atoms with E-state index < -0.39 is 12.0 Å². The number of amidine groups is 1. The number of esters is 1. The average Bonchev–Trinajstić information content (AvgIpc) is 2.81. The molecule has 0 spiro atoms. The summed E-state index contributed by atoms with van der Waals surface area (Å²) < 4.78 is 5.06. The Bertz CT molecular complexity index is 1130. The molecular weight excluding hydrogens is 483 g/mol. The van der Waals surface area contributed by atoms with Gasteiger partial charge in [-0.05, 0) is 43.2 Å². The standard InChI is InChI=1S/C23H22Cl2N4O3S/c1-13-18(21(30)32-2)20(29-11-4-12-33-23(29)26-13)14-7-9-15(10-8-14)27-22(31)28-19-16(24)5-3-6-17(19)25/h3,5-10,20H,4,11-12H2,1-2H3,(H2,27,28,31)/t20-/m0/s1. The number of carbonyl (C=O) groups excluding carboxylic acids is 2. The van der Waals surface area contributed by atoms with Gasteiger partial charge >= 0.3 is 12.0 Å². The molecule has 1 atom stereocenters. The van der Waals surface area contributed by atoms with Gasteiger partial charge in [0.05, 0.1) is 40.2 Å². The molecule has 0 radical (unpaired) electrons. The van der Waals surface area contributed by atoms with Gasteiger partial charge in [0.25, 0.3) is 0 Å². The molecule has 2 aromatic carbocycles. The van der Waals surface area contributed by atoms with Crippen LogP contribution in [0.3, 0.4) is 0 Å². The molecule has 2 aliphatic rings. The number of para-hydroxylation sites is 1. The minimum Gasteiger partial charge on any atom is -0.466 e. The molecule has 0 bridgehead atoms. The largest absolute Gasteiger partial charge is 0.466 e. The summed E-state index contributed by atoms with van der Waals surface area (Å²) in [5.41, 5.74) is 3.01. The van der Waals surface area contributed by atoms with Crippen molar-refractivity contribution >= 4 is 63.5 Å². The van der Waals surface area contributed by atoms with E-state index >= 15 is 0 Å². The van der Waals surface area contributed by atoms with E-state index in [0.29, 0.717) is 32.7 Å². The van der Waals surface area contributed by atoms with Gasteiger partial charge < -0.3 is 20.3 Å². The Balaban J connectivity index is 1.55. The number of allylic oxidation sites excluding steroid dienone is 1. The van der Waals surface area contributed by atoms with Crippen LogP contribution in [0.2, 0.25) is 10.0 Å². The van der Waals surface area contributed by atoms with Crippen LogP contribution >= 0.6 is 35.0 Å². The summed E-state index contributed by atoms with van der Waals surface area (Å²) in [6.07, 6.45) is 0.998. The number of amides is 2. The zero-order valence-electron chi connectivity index (χ0n) is 18.0. The summed E-state index contributed by atoms with van der Waals surface area (Å²) in [5, 5.41) is 7.05. The number of methoxy groups -OCH3 is 1. The zero-order chi connectivity index (χ0) is 23.5. The highest BCUT2D eigenvalue weighted by Gasteiger charge is 2.37. The van der Waals surface area contributed by atoms with Gasteiger partial charge in [-0.25, -0.2) is 14.6 Å². The summed E-state index contributed by atoms with van der Waals surface area (Å²) in [7, 11) is 1.38. The lowest BCUT2D eigenvalue weighted by atomic mass is 9.94. The monoisotopic (exact) mass is 504 g/mol. The van der Waals surface area contributed by atoms with Crippen molar-refractivity contribution in [2.45, 2.75) is 19.4 Å². The molecule has 1 fully saturated rings. The van der Waals surface area contributed by atoms with E-state index in [2.05, 4.69) is 20.5 Å². The number of hydrogen-bond donors (Lipinski definition) is 2. The summed E-state index contributed by atoms with van der Waals surface area (Å²) in [6.45, 7) is 2.63. The number of nitrogens with one attached hydrogen (secondary N) is 2. The first-order valence-electron chi connectivity index (χ1n) is 10.3. The molecule has 2 N–H and O–H groups in total. The van der Waals surface area contributed by atoms with Crippen molar-refractivity contribution < 1.29 is 14.3 Å². The normalized spacial score (nSPS) is 17.8. The number of nitrogens with zero attached hydrogens (tertiary/aromatic N) is 2. The van der Waals surface area contributed by atoms with E-state index in [1.165, 1.54) is 7.11 Å². The lowest BCUT2D eigenvalue weighted by molar-refractivity contribution is -0.136. The number of anilines is 2. The number of hydrogen-bond acceptors (Lipinski definition) is 6. The van der Waals surface area contributed by atoms with E-state index in [-0.39, 0.29) is 6.04 Å². The fourth-order valence-electron chi connectivity index (χ4n) is 3.83. The van der Waals surface area contributed by atoms with Gasteiger partial charge in [-0.3, -0.25) is 0 Å². The number of ether oxygens (including phenoxy) is 1. The van der Waals surface area contributed by atoms with Crippen LogP contribution < -0.4 is 10.6 Å². The van der Waals surface area contributed by atoms with Crippen LogP contribution in [0.1, 0.15) is 24.9 Å². The lowest BCUT2D eigenvalue weighted by Crippen LogP contribution is -2.42. The van der Waals surface area contributed by atoms with Crippen LogP contribution in [0.5, 0.6) is 0 Å². The lowest BCUT2D eigenvalue weighted by Gasteiger charge is -2.40. The molecule has 2 aliphatic heterocycles. The first kappa shape index (κ1) is 23.5. The third-order valence-corrected chi connectivity index (χ3v) is 7.06. The number of urea groups is 1. The van der Waals surface area contributed by atoms with E-state index in [4.69, 9.17) is 27.9 Å². The van der Waals surface area contributed by atoms with E-state index in [1.54, 1.807) is 42.1 Å². The maximum Gasteiger partial charge on any atom is 0.338 e. The molecule has 33 heavy (non-hydrogen) atoms. The van der Waals surface area contributed by atoms with Gasteiger partial charge in [-0.1, -0.05) is 53.2 Å². The number of halogens is 2. The van der Waals surface area contributed by atoms with E-state index in [9.17, 15) is 9.59 Å². The van der Waals surface area contributed by atoms with Gasteiger partial charge in [0.1, 0.15) is 0 Å². The molecule has 7 nitrogen and oxygen atoms in total. The van der Waals surface area contributed by atoms with Crippen LogP contribution in [0.15, 0.2) is 58.7 Å². The number of rotatable bonds is 4. The van der Waals surface area contributed by atoms with Crippen molar-refractivity contribution in [2.75, 3.05) is 30.0 Å². The Kier molecular flexibility index (Phi) is 7.17. The molecule has 0 aromatic heterocycles. The average molecular weight is 505 g/mol. The minimum absolute atomic E-state index is 0.303. The van der Waals surface area contributed by atoms with Crippen molar-refractivity contribution in [3.05, 3.63) is 69.3 Å². The maximum atomic E-state index is 12.6. The van der Waals surface area contributed by atoms with Crippen molar-refractivity contribution in [3.8, 4) is 0 Å². The molecule has 4 rings (SSSR count). The minimum atomic E-state index is -0.469. The Morgan fingerprint density at radius 1 is 1.12 bits per heavy atom. The molecule has 0 aliphatic carbocycles. The number of fused-ring (bicyclic) bond motifs is 1. The molecule has 2 amide bonds. The van der Waals surface area contributed by atoms with Crippen molar-refractivity contribution in [3.63, 3.8) is 0 Å². The van der Waals surface area contributed by atoms with Gasteiger partial charge in [0.2, 0.25) is 0 Å². The van der Waals surface area contributed by atoms with Crippen LogP contribution in [0, 0.1) is 0 Å². The fraction of sp³-hybridized carbons (Fsp3) is 0.261. The topological polar surface area (TPSA) is 83.0 Å². The van der Waals surface area contributed by atoms with Crippen molar-refractivity contribution in [2.24, 2.45) is 4.99 Å². The predicted molar refractivity (Wildman–Crippen MR) is 134 cm³/mol. The summed E-state index contributed by atoms with van der Waals surface area (Å²) in [5.74, 6) is 0.602. The summed E-state index contributed by atoms with van der Waals surface area (Å²) in [6, 6.07) is 11.6. The number of thioether (sulfide) groups is 1. The highest BCUT2D eigenvalue weighted by Crippen LogP contribution is 2.40. The molecule has 0 unspecified atom stereocenters. The third kappa shape index (κ3) is 4.98. The van der Waals surface area contributed by atoms with Crippen molar-refractivity contribution in [1.82, 2.24) is 4.90 Å². The summed E-state index contributed by atoms with van der Waals surface area (Å²) >= 11 is 13.9. The smallest absolute Gasteiger partial charge is 0.338 e. The van der Waals surface area contributed by atoms with Gasteiger partial charge in [-0.2, -0.15) is 0 Å². The Morgan fingerprint density at radius 2 is 1.82 bits per heavy atom. The van der Waals surface area contributed by atoms with E-state index in [0.717, 1.165) is 29.4 Å². The SMILES string of the molecule is COC(=O)C1=C(C)N=C2SCCCN2[C@H]1c1ccc(NC(=O)Nc2c(Cl)cccc2Cl)cc1. The Morgan fingerprint density at radius 3 is 2.48 bits per heavy atom. The Hall–Kier alpha value is -2.68. The molecule has 10 heteroatoms. The highest BCUT2D eigenvalue weighted by atomic mass is 35.5. The molecule has 2 aromatic rings. The predicted octanol–water partition coefficient (Wildman–Crippen LogP) is 5.93.